The minimum atomic E-state index is -1.37. The predicted molar refractivity (Wildman–Crippen MR) is 211 cm³/mol. The third-order valence-electron chi connectivity index (χ3n) is 11.0. The second-order valence-corrected chi connectivity index (χ2v) is 16.4. The number of nitrogens with one attached hydrogen (secondary N) is 3. The summed E-state index contributed by atoms with van der Waals surface area (Å²) in [5.74, 6) is -2.08. The monoisotopic (exact) mass is 795 g/mol. The lowest BCUT2D eigenvalue weighted by molar-refractivity contribution is -0.142. The van der Waals surface area contributed by atoms with Crippen LogP contribution < -0.4 is 21.0 Å². The van der Waals surface area contributed by atoms with Crippen molar-refractivity contribution in [2.75, 3.05) is 6.54 Å². The summed E-state index contributed by atoms with van der Waals surface area (Å²) in [5, 5.41) is 5.67. The van der Waals surface area contributed by atoms with Crippen LogP contribution in [0.1, 0.15) is 76.8 Å². The molecule has 0 radical (unpaired) electrons. The van der Waals surface area contributed by atoms with Gasteiger partial charge < -0.3 is 29.8 Å². The highest BCUT2D eigenvalue weighted by Gasteiger charge is 2.61. The van der Waals surface area contributed by atoms with Crippen molar-refractivity contribution in [3.05, 3.63) is 102 Å². The molecule has 3 heterocycles. The van der Waals surface area contributed by atoms with E-state index < -0.39 is 65.1 Å². The summed E-state index contributed by atoms with van der Waals surface area (Å²) in [6.07, 6.45) is 4.93. The number of rotatable bonds is 6. The number of nitrogens with zero attached hydrogens (tertiary/aromatic N) is 2. The largest absolute Gasteiger partial charge is 0.444 e. The zero-order valence-electron chi connectivity index (χ0n) is 33.0. The number of allylic oxidation sites excluding steroid dienone is 1. The van der Waals surface area contributed by atoms with E-state index in [1.54, 1.807) is 45.0 Å². The Bertz CT molecular complexity index is 2050. The van der Waals surface area contributed by atoms with Crippen LogP contribution in [0, 0.1) is 11.7 Å². The van der Waals surface area contributed by atoms with E-state index in [1.165, 1.54) is 15.9 Å². The number of carbonyl (C=O) groups excluding carboxylic acids is 5. The Morgan fingerprint density at radius 2 is 1.67 bits per heavy atom. The van der Waals surface area contributed by atoms with Crippen LogP contribution in [0.25, 0.3) is 11.1 Å². The molecule has 1 aliphatic carbocycles. The molecule has 3 N–H and O–H groups in total. The maximum absolute atomic E-state index is 14.5. The van der Waals surface area contributed by atoms with Crippen LogP contribution in [0.4, 0.5) is 14.0 Å². The van der Waals surface area contributed by atoms with E-state index in [1.807, 2.05) is 54.6 Å². The van der Waals surface area contributed by atoms with E-state index in [-0.39, 0.29) is 38.4 Å². The van der Waals surface area contributed by atoms with E-state index in [0.717, 1.165) is 30.4 Å². The van der Waals surface area contributed by atoms with Gasteiger partial charge >= 0.3 is 12.2 Å². The van der Waals surface area contributed by atoms with Gasteiger partial charge in [0.25, 0.3) is 5.91 Å². The molecule has 3 aromatic rings. The van der Waals surface area contributed by atoms with Crippen molar-refractivity contribution in [1.29, 1.82) is 0 Å². The summed E-state index contributed by atoms with van der Waals surface area (Å²) in [6.45, 7) is 5.18. The number of carbonyl (C=O) groups is 5. The minimum Gasteiger partial charge on any atom is -0.444 e. The van der Waals surface area contributed by atoms with Gasteiger partial charge in [-0.3, -0.25) is 19.3 Å². The maximum atomic E-state index is 14.5. The summed E-state index contributed by atoms with van der Waals surface area (Å²) in [4.78, 5) is 77.6. The first-order valence-corrected chi connectivity index (χ1v) is 19.9. The van der Waals surface area contributed by atoms with Crippen LogP contribution in [0.15, 0.2) is 84.9 Å². The number of hydrogen-bond acceptors (Lipinski definition) is 8. The van der Waals surface area contributed by atoms with Gasteiger partial charge in [0.2, 0.25) is 11.8 Å². The van der Waals surface area contributed by atoms with Crippen molar-refractivity contribution in [2.45, 2.75) is 108 Å². The van der Waals surface area contributed by atoms with Crippen LogP contribution in [0.5, 0.6) is 5.75 Å². The average molecular weight is 796 g/mol. The van der Waals surface area contributed by atoms with Crippen LogP contribution in [-0.4, -0.2) is 75.6 Å². The molecule has 14 heteroatoms. The van der Waals surface area contributed by atoms with Crippen molar-refractivity contribution in [3.8, 4) is 16.9 Å². The Balaban J connectivity index is 1.10. The van der Waals surface area contributed by atoms with Crippen molar-refractivity contribution in [2.24, 2.45) is 5.92 Å². The summed E-state index contributed by atoms with van der Waals surface area (Å²) >= 11 is 0. The van der Waals surface area contributed by atoms with Crippen LogP contribution in [0.3, 0.4) is 0 Å². The zero-order valence-corrected chi connectivity index (χ0v) is 33.0. The molecule has 3 aromatic carbocycles. The summed E-state index contributed by atoms with van der Waals surface area (Å²) < 4.78 is 25.9. The Morgan fingerprint density at radius 3 is 2.41 bits per heavy atom. The van der Waals surface area contributed by atoms with Crippen LogP contribution in [0.2, 0.25) is 0 Å². The van der Waals surface area contributed by atoms with Gasteiger partial charge in [-0.25, -0.2) is 14.0 Å². The molecule has 5 atom stereocenters. The molecule has 13 nitrogen and oxygen atoms in total. The Kier molecular flexibility index (Phi) is 11.7. The van der Waals surface area contributed by atoms with Crippen molar-refractivity contribution < 1.29 is 42.7 Å². The second kappa shape index (κ2) is 16.9. The average Bonchev–Trinajstić information content (AvgIpc) is 3.47. The van der Waals surface area contributed by atoms with Gasteiger partial charge in [-0.1, -0.05) is 79.6 Å². The molecule has 2 fully saturated rings. The first kappa shape index (κ1) is 40.3. The molecule has 0 bridgehead atoms. The normalized spacial score (nSPS) is 25.1. The van der Waals surface area contributed by atoms with Gasteiger partial charge in [-0.05, 0) is 81.3 Å². The van der Waals surface area contributed by atoms with Crippen molar-refractivity contribution >= 4 is 29.9 Å². The van der Waals surface area contributed by atoms with Gasteiger partial charge in [-0.15, -0.1) is 0 Å². The Morgan fingerprint density at radius 1 is 0.914 bits per heavy atom. The molecule has 306 valence electrons. The molecule has 5 amide bonds. The molecular formula is C44H50FN5O8. The first-order chi connectivity index (χ1) is 27.8. The highest BCUT2D eigenvalue weighted by molar-refractivity contribution is 5.98. The smallest absolute Gasteiger partial charge is 0.410 e. The third-order valence-corrected chi connectivity index (χ3v) is 11.0. The fourth-order valence-corrected chi connectivity index (χ4v) is 7.88. The molecule has 0 aromatic heterocycles. The highest BCUT2D eigenvalue weighted by Crippen LogP contribution is 2.45. The molecule has 1 saturated heterocycles. The number of alkyl carbamates (subject to hydrolysis) is 1. The number of fused-ring (bicyclic) bond motifs is 3. The number of hydroxylamine groups is 1. The summed E-state index contributed by atoms with van der Waals surface area (Å²) in [7, 11) is 0. The fourth-order valence-electron chi connectivity index (χ4n) is 7.88. The van der Waals surface area contributed by atoms with Gasteiger partial charge in [0.05, 0.1) is 13.1 Å². The quantitative estimate of drug-likeness (QED) is 0.194. The lowest BCUT2D eigenvalue weighted by Gasteiger charge is -2.30. The van der Waals surface area contributed by atoms with Gasteiger partial charge in [-0.2, -0.15) is 5.48 Å². The predicted octanol–water partition coefficient (Wildman–Crippen LogP) is 6.31. The van der Waals surface area contributed by atoms with Gasteiger partial charge in [0, 0.05) is 24.4 Å². The Hall–Kier alpha value is -5.92. The lowest BCUT2D eigenvalue weighted by Crippen LogP contribution is -2.58. The molecule has 1 saturated carbocycles. The standard InChI is InChI=1S/C44H50FN5O8/c1-43(2,3)57-41(54)46-36-18-11-6-4-5-10-16-31-24-44(31,40(53)48-58-32-21-19-29(20-22-32)28-13-8-7-9-14-28)47-38(51)37-23-33(26-50(37)39(36)52)56-42(55)49-25-30-15-12-17-35(45)34(30)27-49/h7-10,12-17,19-22,31,33,36-37H,4-6,11,18,23-27H2,1-3H3,(H,46,54)(H,47,51)(H,48,53)/b16-10-/t31-,33+,36-,37-,44+/m0/s1. The summed E-state index contributed by atoms with van der Waals surface area (Å²) in [5.41, 5.74) is 3.43. The molecular weight excluding hydrogens is 746 g/mol. The molecule has 4 aliphatic rings. The van der Waals surface area contributed by atoms with E-state index in [2.05, 4.69) is 16.1 Å². The molecule has 58 heavy (non-hydrogen) atoms. The topological polar surface area (TPSA) is 156 Å². The van der Waals surface area contributed by atoms with E-state index >= 15 is 0 Å². The van der Waals surface area contributed by atoms with Crippen molar-refractivity contribution in [1.82, 2.24) is 25.9 Å². The van der Waals surface area contributed by atoms with E-state index in [4.69, 9.17) is 14.3 Å². The van der Waals surface area contributed by atoms with Crippen LogP contribution >= 0.6 is 0 Å². The lowest BCUT2D eigenvalue weighted by atomic mass is 10.0. The Labute approximate surface area is 337 Å². The van der Waals surface area contributed by atoms with Gasteiger partial charge in [0.15, 0.2) is 5.75 Å². The number of halogens is 1. The first-order valence-electron chi connectivity index (χ1n) is 19.9. The summed E-state index contributed by atoms with van der Waals surface area (Å²) in [6, 6.07) is 19.5. The SMILES string of the molecule is CC(C)(C)OC(=O)N[C@H]1CCCCC/C=C\[C@H]2C[C@@]2(C(=O)NOc2ccc(-c3ccccc3)cc2)NC(=O)[C@@H]2C[C@@H](OC(=O)N3Cc4cccc(F)c4C3)CN2C1=O. The second-order valence-electron chi connectivity index (χ2n) is 16.4. The zero-order chi connectivity index (χ0) is 41.0. The number of amides is 5. The molecule has 0 spiro atoms. The van der Waals surface area contributed by atoms with E-state index in [9.17, 15) is 28.4 Å². The molecule has 7 rings (SSSR count). The molecule has 3 aliphatic heterocycles. The van der Waals surface area contributed by atoms with Gasteiger partial charge in [0.1, 0.15) is 35.1 Å². The maximum Gasteiger partial charge on any atom is 0.410 e. The third kappa shape index (κ3) is 9.27. The number of benzene rings is 3. The van der Waals surface area contributed by atoms with E-state index in [0.29, 0.717) is 29.7 Å². The fraction of sp³-hybridized carbons (Fsp3) is 0.432. The number of hydrogen-bond donors (Lipinski definition) is 3. The van der Waals surface area contributed by atoms with Crippen LogP contribution in [-0.2, 0) is 36.9 Å². The molecule has 0 unspecified atom stereocenters. The number of ether oxygens (including phenoxy) is 2. The highest BCUT2D eigenvalue weighted by atomic mass is 19.1. The minimum absolute atomic E-state index is 0.0216. The van der Waals surface area contributed by atoms with Crippen molar-refractivity contribution in [3.63, 3.8) is 0 Å².